The minimum Gasteiger partial charge on any atom is -0.504 e. The largest absolute Gasteiger partial charge is 0.504 e. The van der Waals surface area contributed by atoms with Crippen LogP contribution in [0.1, 0.15) is 0 Å². The Morgan fingerprint density at radius 1 is 0.786 bits per heavy atom. The fraction of sp³-hybridized carbons (Fsp3) is 0.211. The fourth-order valence-electron chi connectivity index (χ4n) is 2.86. The van der Waals surface area contributed by atoms with Gasteiger partial charge >= 0.3 is 0 Å². The van der Waals surface area contributed by atoms with Crippen molar-refractivity contribution in [2.75, 3.05) is 28.4 Å². The van der Waals surface area contributed by atoms with Gasteiger partial charge in [0, 0.05) is 12.1 Å². The first-order valence-corrected chi connectivity index (χ1v) is 7.96. The van der Waals surface area contributed by atoms with Gasteiger partial charge in [-0.05, 0) is 6.07 Å². The summed E-state index contributed by atoms with van der Waals surface area (Å²) in [6, 6.07) is 3.97. The molecule has 0 atom stereocenters. The number of aromatic hydroxyl groups is 3. The number of methoxy groups -OCH3 is 4. The molecule has 0 bridgehead atoms. The zero-order valence-corrected chi connectivity index (χ0v) is 15.5. The van der Waals surface area contributed by atoms with Crippen LogP contribution in [0.25, 0.3) is 22.3 Å². The van der Waals surface area contributed by atoms with Crippen molar-refractivity contribution in [3.8, 4) is 51.6 Å². The molecule has 9 heteroatoms. The van der Waals surface area contributed by atoms with Gasteiger partial charge in [0.1, 0.15) is 16.7 Å². The molecule has 0 saturated heterocycles. The van der Waals surface area contributed by atoms with E-state index in [-0.39, 0.29) is 51.0 Å². The number of benzene rings is 2. The highest BCUT2D eigenvalue weighted by Gasteiger charge is 2.25. The minimum atomic E-state index is -0.730. The van der Waals surface area contributed by atoms with Crippen molar-refractivity contribution in [1.82, 2.24) is 0 Å². The van der Waals surface area contributed by atoms with E-state index in [4.69, 9.17) is 23.4 Å². The predicted molar refractivity (Wildman–Crippen MR) is 99.1 cm³/mol. The Labute approximate surface area is 158 Å². The summed E-state index contributed by atoms with van der Waals surface area (Å²) in [4.78, 5) is 12.9. The fourth-order valence-corrected chi connectivity index (χ4v) is 2.86. The molecule has 148 valence electrons. The summed E-state index contributed by atoms with van der Waals surface area (Å²) in [5, 5.41) is 30.1. The van der Waals surface area contributed by atoms with Crippen molar-refractivity contribution in [2.24, 2.45) is 0 Å². The number of hydrogen-bond acceptors (Lipinski definition) is 9. The molecule has 3 aromatic rings. The second-order valence-corrected chi connectivity index (χ2v) is 5.67. The van der Waals surface area contributed by atoms with Crippen LogP contribution in [0.2, 0.25) is 0 Å². The van der Waals surface area contributed by atoms with E-state index in [1.165, 1.54) is 46.6 Å². The molecule has 0 radical (unpaired) electrons. The molecule has 0 aliphatic heterocycles. The first-order chi connectivity index (χ1) is 13.4. The quantitative estimate of drug-likeness (QED) is 0.563. The SMILES string of the molecule is COc1cc(OC)c(-c2oc3cc(OC)c(O)c(O)c3c(=O)c2OC)cc1O. The van der Waals surface area contributed by atoms with Crippen LogP contribution in [0.5, 0.6) is 40.2 Å². The number of rotatable bonds is 5. The maximum absolute atomic E-state index is 12.9. The van der Waals surface area contributed by atoms with E-state index in [2.05, 4.69) is 0 Å². The van der Waals surface area contributed by atoms with E-state index in [1.54, 1.807) is 0 Å². The molecule has 3 N–H and O–H groups in total. The van der Waals surface area contributed by atoms with E-state index >= 15 is 0 Å². The van der Waals surface area contributed by atoms with Crippen molar-refractivity contribution in [2.45, 2.75) is 0 Å². The minimum absolute atomic E-state index is 0.0538. The van der Waals surface area contributed by atoms with Crippen LogP contribution >= 0.6 is 0 Å². The average molecular weight is 390 g/mol. The lowest BCUT2D eigenvalue weighted by molar-refractivity contribution is 0.351. The zero-order chi connectivity index (χ0) is 20.6. The molecule has 0 aliphatic carbocycles. The van der Waals surface area contributed by atoms with Crippen LogP contribution in [-0.2, 0) is 0 Å². The molecule has 0 fully saturated rings. The molecule has 1 heterocycles. The summed E-state index contributed by atoms with van der Waals surface area (Å²) in [5.41, 5.74) is -0.583. The molecular formula is C19H18O9. The Morgan fingerprint density at radius 3 is 2.00 bits per heavy atom. The zero-order valence-electron chi connectivity index (χ0n) is 15.5. The van der Waals surface area contributed by atoms with Crippen LogP contribution in [0.3, 0.4) is 0 Å². The van der Waals surface area contributed by atoms with Crippen molar-refractivity contribution in [1.29, 1.82) is 0 Å². The van der Waals surface area contributed by atoms with Gasteiger partial charge in [-0.15, -0.1) is 0 Å². The molecule has 0 spiro atoms. The Kier molecular flexibility index (Phi) is 4.83. The van der Waals surface area contributed by atoms with Gasteiger partial charge in [0.15, 0.2) is 28.8 Å². The van der Waals surface area contributed by atoms with E-state index in [0.717, 1.165) is 0 Å². The Morgan fingerprint density at radius 2 is 1.43 bits per heavy atom. The summed E-state index contributed by atoms with van der Waals surface area (Å²) in [5.74, 6) is -1.51. The van der Waals surface area contributed by atoms with Gasteiger partial charge < -0.3 is 38.7 Å². The van der Waals surface area contributed by atoms with Gasteiger partial charge in [-0.1, -0.05) is 0 Å². The van der Waals surface area contributed by atoms with Crippen LogP contribution < -0.4 is 24.4 Å². The molecular weight excluding hydrogens is 372 g/mol. The number of hydrogen-bond donors (Lipinski definition) is 3. The summed E-state index contributed by atoms with van der Waals surface area (Å²) in [6.45, 7) is 0. The maximum atomic E-state index is 12.9. The lowest BCUT2D eigenvalue weighted by Gasteiger charge is -2.15. The topological polar surface area (TPSA) is 128 Å². The van der Waals surface area contributed by atoms with Crippen molar-refractivity contribution >= 4 is 11.0 Å². The van der Waals surface area contributed by atoms with Crippen LogP contribution in [0, 0.1) is 0 Å². The molecule has 1 aromatic heterocycles. The van der Waals surface area contributed by atoms with E-state index in [0.29, 0.717) is 0 Å². The Hall–Kier alpha value is -3.75. The lowest BCUT2D eigenvalue weighted by Crippen LogP contribution is -2.08. The predicted octanol–water partition coefficient (Wildman–Crippen LogP) is 2.61. The molecule has 9 nitrogen and oxygen atoms in total. The van der Waals surface area contributed by atoms with Crippen LogP contribution in [-0.4, -0.2) is 43.8 Å². The van der Waals surface area contributed by atoms with Gasteiger partial charge in [0.2, 0.25) is 16.9 Å². The third-order valence-electron chi connectivity index (χ3n) is 4.22. The summed E-state index contributed by atoms with van der Waals surface area (Å²) < 4.78 is 26.3. The van der Waals surface area contributed by atoms with Crippen molar-refractivity contribution in [3.05, 3.63) is 28.4 Å². The van der Waals surface area contributed by atoms with Crippen molar-refractivity contribution < 1.29 is 38.7 Å². The molecule has 3 rings (SSSR count). The standard InChI is InChI=1S/C19H18O9/c1-24-10-6-11(25-2)9(20)5-8(10)18-19(27-4)17(23)14-12(28-18)7-13(26-3)15(21)16(14)22/h5-7,20-22H,1-4H3. The third kappa shape index (κ3) is 2.77. The van der Waals surface area contributed by atoms with Gasteiger partial charge in [0.25, 0.3) is 0 Å². The van der Waals surface area contributed by atoms with Gasteiger partial charge in [-0.2, -0.15) is 0 Å². The number of phenols is 3. The second-order valence-electron chi connectivity index (χ2n) is 5.67. The molecule has 28 heavy (non-hydrogen) atoms. The van der Waals surface area contributed by atoms with E-state index in [9.17, 15) is 20.1 Å². The monoisotopic (exact) mass is 390 g/mol. The molecule has 0 aliphatic rings. The first kappa shape index (κ1) is 19.0. The molecule has 0 amide bonds. The molecule has 0 unspecified atom stereocenters. The van der Waals surface area contributed by atoms with Gasteiger partial charge in [-0.3, -0.25) is 4.79 Å². The number of fused-ring (bicyclic) bond motifs is 1. The Balaban J connectivity index is 2.44. The highest BCUT2D eigenvalue weighted by atomic mass is 16.5. The smallest absolute Gasteiger partial charge is 0.239 e. The maximum Gasteiger partial charge on any atom is 0.239 e. The normalized spacial score (nSPS) is 10.7. The van der Waals surface area contributed by atoms with Gasteiger partial charge in [-0.25, -0.2) is 0 Å². The van der Waals surface area contributed by atoms with Crippen LogP contribution in [0.4, 0.5) is 0 Å². The number of ether oxygens (including phenoxy) is 4. The number of phenolic OH excluding ortho intramolecular Hbond substituents is 3. The Bertz CT molecular complexity index is 1120. The lowest BCUT2D eigenvalue weighted by atomic mass is 10.1. The first-order valence-electron chi connectivity index (χ1n) is 7.96. The van der Waals surface area contributed by atoms with Gasteiger partial charge in [0.05, 0.1) is 34.0 Å². The average Bonchev–Trinajstić information content (AvgIpc) is 2.69. The second kappa shape index (κ2) is 7.10. The highest BCUT2D eigenvalue weighted by molar-refractivity contribution is 5.91. The summed E-state index contributed by atoms with van der Waals surface area (Å²) in [7, 11) is 5.31. The van der Waals surface area contributed by atoms with E-state index in [1.807, 2.05) is 0 Å². The molecule has 0 saturated carbocycles. The highest BCUT2D eigenvalue weighted by Crippen LogP contribution is 2.46. The summed E-state index contributed by atoms with van der Waals surface area (Å²) >= 11 is 0. The van der Waals surface area contributed by atoms with Crippen LogP contribution in [0.15, 0.2) is 27.4 Å². The van der Waals surface area contributed by atoms with Crippen molar-refractivity contribution in [3.63, 3.8) is 0 Å². The summed E-state index contributed by atoms with van der Waals surface area (Å²) in [6.07, 6.45) is 0. The van der Waals surface area contributed by atoms with E-state index < -0.39 is 16.9 Å². The molecule has 2 aromatic carbocycles. The third-order valence-corrected chi connectivity index (χ3v) is 4.22.